The van der Waals surface area contributed by atoms with Gasteiger partial charge in [-0.25, -0.2) is 4.98 Å². The maximum absolute atomic E-state index is 10.8. The van der Waals surface area contributed by atoms with E-state index < -0.39 is 12.1 Å². The molecule has 0 spiro atoms. The SMILES string of the molecule is COC(=O)C[C@H](O)c1cn(C)cn1. The number of hydrogen-bond acceptors (Lipinski definition) is 4. The highest BCUT2D eigenvalue weighted by molar-refractivity contribution is 5.69. The topological polar surface area (TPSA) is 64.3 Å². The van der Waals surface area contributed by atoms with Gasteiger partial charge >= 0.3 is 5.97 Å². The normalized spacial score (nSPS) is 12.5. The molecule has 1 heterocycles. The van der Waals surface area contributed by atoms with Crippen LogP contribution in [-0.2, 0) is 16.6 Å². The Morgan fingerprint density at radius 1 is 1.85 bits per heavy atom. The van der Waals surface area contributed by atoms with Crippen LogP contribution in [0.15, 0.2) is 12.5 Å². The summed E-state index contributed by atoms with van der Waals surface area (Å²) in [7, 11) is 3.08. The molecule has 72 valence electrons. The number of aliphatic hydroxyl groups is 1. The van der Waals surface area contributed by atoms with Crippen molar-refractivity contribution in [2.75, 3.05) is 7.11 Å². The molecule has 0 bridgehead atoms. The van der Waals surface area contributed by atoms with Crippen LogP contribution in [0.4, 0.5) is 0 Å². The van der Waals surface area contributed by atoms with Crippen molar-refractivity contribution in [3.63, 3.8) is 0 Å². The molecule has 0 unspecified atom stereocenters. The first kappa shape index (κ1) is 9.73. The lowest BCUT2D eigenvalue weighted by molar-refractivity contribution is -0.142. The van der Waals surface area contributed by atoms with Crippen molar-refractivity contribution in [1.29, 1.82) is 0 Å². The van der Waals surface area contributed by atoms with E-state index in [1.54, 1.807) is 24.1 Å². The van der Waals surface area contributed by atoms with Gasteiger partial charge in [0.15, 0.2) is 0 Å². The fraction of sp³-hybridized carbons (Fsp3) is 0.500. The summed E-state index contributed by atoms with van der Waals surface area (Å²) in [5.74, 6) is -0.446. The van der Waals surface area contributed by atoms with Crippen LogP contribution in [0.1, 0.15) is 18.2 Å². The molecule has 0 aliphatic rings. The van der Waals surface area contributed by atoms with Gasteiger partial charge in [0.2, 0.25) is 0 Å². The second kappa shape index (κ2) is 4.04. The van der Waals surface area contributed by atoms with Crippen molar-refractivity contribution < 1.29 is 14.6 Å². The minimum atomic E-state index is -0.881. The van der Waals surface area contributed by atoms with Gasteiger partial charge in [-0.2, -0.15) is 0 Å². The largest absolute Gasteiger partial charge is 0.469 e. The zero-order valence-corrected chi connectivity index (χ0v) is 7.60. The predicted octanol–water partition coefficient (Wildman–Crippen LogP) is 0.0166. The van der Waals surface area contributed by atoms with Gasteiger partial charge < -0.3 is 14.4 Å². The zero-order chi connectivity index (χ0) is 9.84. The van der Waals surface area contributed by atoms with Gasteiger partial charge in [0.1, 0.15) is 6.10 Å². The number of aromatic nitrogens is 2. The minimum absolute atomic E-state index is 0.0620. The van der Waals surface area contributed by atoms with Crippen LogP contribution in [0.2, 0.25) is 0 Å². The standard InChI is InChI=1S/C8H12N2O3/c1-10-4-6(9-5-10)7(11)3-8(12)13-2/h4-5,7,11H,3H2,1-2H3/t7-/m0/s1. The fourth-order valence-corrected chi connectivity index (χ4v) is 0.951. The smallest absolute Gasteiger partial charge is 0.308 e. The second-order valence-electron chi connectivity index (χ2n) is 2.76. The van der Waals surface area contributed by atoms with E-state index in [-0.39, 0.29) is 6.42 Å². The van der Waals surface area contributed by atoms with E-state index in [1.165, 1.54) is 7.11 Å². The lowest BCUT2D eigenvalue weighted by atomic mass is 10.2. The van der Waals surface area contributed by atoms with Crippen LogP contribution in [0.25, 0.3) is 0 Å². The molecule has 0 radical (unpaired) electrons. The minimum Gasteiger partial charge on any atom is -0.469 e. The molecule has 0 saturated heterocycles. The Morgan fingerprint density at radius 3 is 3.00 bits per heavy atom. The van der Waals surface area contributed by atoms with E-state index >= 15 is 0 Å². The first-order valence-corrected chi connectivity index (χ1v) is 3.86. The molecule has 0 aromatic carbocycles. The molecule has 0 aliphatic carbocycles. The highest BCUT2D eigenvalue weighted by Crippen LogP contribution is 2.13. The predicted molar refractivity (Wildman–Crippen MR) is 44.8 cm³/mol. The summed E-state index contributed by atoms with van der Waals surface area (Å²) in [6.45, 7) is 0. The van der Waals surface area contributed by atoms with Gasteiger partial charge in [-0.05, 0) is 0 Å². The van der Waals surface area contributed by atoms with Gasteiger partial charge in [0.25, 0.3) is 0 Å². The van der Waals surface area contributed by atoms with Crippen molar-refractivity contribution in [1.82, 2.24) is 9.55 Å². The number of carbonyl (C=O) groups excluding carboxylic acids is 1. The van der Waals surface area contributed by atoms with Gasteiger partial charge in [0.05, 0.1) is 25.6 Å². The van der Waals surface area contributed by atoms with Gasteiger partial charge in [0, 0.05) is 13.2 Å². The molecule has 1 aromatic heterocycles. The van der Waals surface area contributed by atoms with Crippen LogP contribution in [0.5, 0.6) is 0 Å². The number of imidazole rings is 1. The van der Waals surface area contributed by atoms with Crippen molar-refractivity contribution >= 4 is 5.97 Å². The number of aryl methyl sites for hydroxylation is 1. The molecule has 0 amide bonds. The summed E-state index contributed by atoms with van der Waals surface area (Å²) >= 11 is 0. The fourth-order valence-electron chi connectivity index (χ4n) is 0.951. The summed E-state index contributed by atoms with van der Waals surface area (Å²) in [5.41, 5.74) is 0.480. The Hall–Kier alpha value is -1.36. The third kappa shape index (κ3) is 2.55. The van der Waals surface area contributed by atoms with Gasteiger partial charge in [-0.15, -0.1) is 0 Å². The van der Waals surface area contributed by atoms with E-state index in [2.05, 4.69) is 9.72 Å². The molecule has 1 aromatic rings. The number of ether oxygens (including phenoxy) is 1. The number of methoxy groups -OCH3 is 1. The number of hydrogen-bond donors (Lipinski definition) is 1. The third-order valence-electron chi connectivity index (χ3n) is 1.65. The van der Waals surface area contributed by atoms with E-state index in [1.807, 2.05) is 0 Å². The molecule has 1 rings (SSSR count). The first-order valence-electron chi connectivity index (χ1n) is 3.86. The van der Waals surface area contributed by atoms with E-state index in [0.717, 1.165) is 0 Å². The number of rotatable bonds is 3. The molecule has 5 nitrogen and oxygen atoms in total. The average molecular weight is 184 g/mol. The molecule has 0 fully saturated rings. The lowest BCUT2D eigenvalue weighted by Crippen LogP contribution is -2.08. The molecule has 1 atom stereocenters. The van der Waals surface area contributed by atoms with Crippen molar-refractivity contribution in [3.05, 3.63) is 18.2 Å². The number of carbonyl (C=O) groups is 1. The number of nitrogens with zero attached hydrogens (tertiary/aromatic N) is 2. The Kier molecular flexibility index (Phi) is 3.02. The molecule has 0 aliphatic heterocycles. The van der Waals surface area contributed by atoms with Gasteiger partial charge in [-0.1, -0.05) is 0 Å². The lowest BCUT2D eigenvalue weighted by Gasteiger charge is -2.04. The van der Waals surface area contributed by atoms with Crippen LogP contribution in [0, 0.1) is 0 Å². The summed E-state index contributed by atoms with van der Waals surface area (Å²) < 4.78 is 6.12. The Bertz CT molecular complexity index is 295. The monoisotopic (exact) mass is 184 g/mol. The van der Waals surface area contributed by atoms with Crippen LogP contribution < -0.4 is 0 Å². The Balaban J connectivity index is 2.58. The van der Waals surface area contributed by atoms with Crippen molar-refractivity contribution in [2.45, 2.75) is 12.5 Å². The van der Waals surface area contributed by atoms with Crippen LogP contribution in [0.3, 0.4) is 0 Å². The quantitative estimate of drug-likeness (QED) is 0.672. The Morgan fingerprint density at radius 2 is 2.54 bits per heavy atom. The molecule has 5 heteroatoms. The molecule has 1 N–H and O–H groups in total. The number of aliphatic hydroxyl groups excluding tert-OH is 1. The highest BCUT2D eigenvalue weighted by atomic mass is 16.5. The van der Waals surface area contributed by atoms with E-state index in [0.29, 0.717) is 5.69 Å². The van der Waals surface area contributed by atoms with E-state index in [9.17, 15) is 9.90 Å². The summed E-state index contributed by atoms with van der Waals surface area (Å²) in [5, 5.41) is 9.46. The molecular weight excluding hydrogens is 172 g/mol. The maximum Gasteiger partial charge on any atom is 0.308 e. The molecule has 0 saturated carbocycles. The molecule has 13 heavy (non-hydrogen) atoms. The Labute approximate surface area is 76.0 Å². The summed E-state index contributed by atoms with van der Waals surface area (Å²) in [6, 6.07) is 0. The first-order chi connectivity index (χ1) is 6.13. The average Bonchev–Trinajstić information content (AvgIpc) is 2.51. The summed E-state index contributed by atoms with van der Waals surface area (Å²) in [4.78, 5) is 14.7. The molecular formula is C8H12N2O3. The maximum atomic E-state index is 10.8. The van der Waals surface area contributed by atoms with E-state index in [4.69, 9.17) is 0 Å². The second-order valence-corrected chi connectivity index (χ2v) is 2.76. The van der Waals surface area contributed by atoms with Crippen LogP contribution >= 0.6 is 0 Å². The van der Waals surface area contributed by atoms with Gasteiger partial charge in [-0.3, -0.25) is 4.79 Å². The number of esters is 1. The zero-order valence-electron chi connectivity index (χ0n) is 7.60. The van der Waals surface area contributed by atoms with Crippen LogP contribution in [-0.4, -0.2) is 27.7 Å². The summed E-state index contributed by atoms with van der Waals surface area (Å²) in [6.07, 6.45) is 2.28. The highest BCUT2D eigenvalue weighted by Gasteiger charge is 2.14. The van der Waals surface area contributed by atoms with Crippen molar-refractivity contribution in [3.8, 4) is 0 Å². The van der Waals surface area contributed by atoms with Crippen molar-refractivity contribution in [2.24, 2.45) is 7.05 Å². The third-order valence-corrected chi connectivity index (χ3v) is 1.65.